The molecule has 0 aliphatic carbocycles. The molecule has 0 saturated heterocycles. The van der Waals surface area contributed by atoms with Crippen LogP contribution in [0, 0.1) is 20.8 Å². The van der Waals surface area contributed by atoms with Gasteiger partial charge in [-0.15, -0.1) is 0 Å². The van der Waals surface area contributed by atoms with Gasteiger partial charge in [0.2, 0.25) is 5.89 Å². The van der Waals surface area contributed by atoms with E-state index in [9.17, 15) is 4.79 Å². The lowest BCUT2D eigenvalue weighted by Crippen LogP contribution is -2.14. The van der Waals surface area contributed by atoms with E-state index >= 15 is 0 Å². The predicted molar refractivity (Wildman–Crippen MR) is 97.1 cm³/mol. The maximum absolute atomic E-state index is 12.6. The van der Waals surface area contributed by atoms with E-state index in [1.165, 1.54) is 0 Å². The minimum Gasteiger partial charge on any atom is -0.497 e. The van der Waals surface area contributed by atoms with Gasteiger partial charge in [0, 0.05) is 11.3 Å². The summed E-state index contributed by atoms with van der Waals surface area (Å²) in [6.45, 7) is 5.67. The van der Waals surface area contributed by atoms with Crippen molar-refractivity contribution in [3.05, 3.63) is 65.0 Å². The molecule has 1 amide bonds. The van der Waals surface area contributed by atoms with Crippen molar-refractivity contribution < 1.29 is 13.9 Å². The molecule has 5 heteroatoms. The molecule has 0 aliphatic rings. The molecule has 0 atom stereocenters. The van der Waals surface area contributed by atoms with Crippen LogP contribution in [0.1, 0.15) is 27.4 Å². The number of carbonyl (C=O) groups excluding carboxylic acids is 1. The second-order valence-electron chi connectivity index (χ2n) is 5.92. The van der Waals surface area contributed by atoms with Gasteiger partial charge >= 0.3 is 0 Å². The minimum atomic E-state index is -0.283. The molecular weight excluding hydrogens is 316 g/mol. The number of nitrogens with zero attached hydrogens (tertiary/aromatic N) is 1. The first-order chi connectivity index (χ1) is 12.0. The number of nitrogens with one attached hydrogen (secondary N) is 1. The summed E-state index contributed by atoms with van der Waals surface area (Å²) >= 11 is 0. The highest BCUT2D eigenvalue weighted by atomic mass is 16.5. The Morgan fingerprint density at radius 1 is 1.08 bits per heavy atom. The summed E-state index contributed by atoms with van der Waals surface area (Å²) in [7, 11) is 1.61. The van der Waals surface area contributed by atoms with Gasteiger partial charge < -0.3 is 14.5 Å². The Morgan fingerprint density at radius 2 is 1.80 bits per heavy atom. The standard InChI is InChI=1S/C20H20N2O3/c1-12-5-6-13(2)17(11-12)21-19(23)18-14(3)25-20(22-18)15-7-9-16(24-4)10-8-15/h5-11H,1-4H3,(H,21,23). The number of ether oxygens (including phenoxy) is 1. The molecule has 0 aliphatic heterocycles. The van der Waals surface area contributed by atoms with Crippen LogP contribution in [0.25, 0.3) is 11.5 Å². The predicted octanol–water partition coefficient (Wildman–Crippen LogP) is 4.53. The first-order valence-corrected chi connectivity index (χ1v) is 7.98. The average Bonchev–Trinajstić information content (AvgIpc) is 3.00. The molecule has 0 bridgehead atoms. The molecule has 3 rings (SSSR count). The molecule has 0 unspecified atom stereocenters. The second kappa shape index (κ2) is 6.81. The van der Waals surface area contributed by atoms with E-state index in [4.69, 9.17) is 9.15 Å². The van der Waals surface area contributed by atoms with Gasteiger partial charge in [-0.05, 0) is 62.2 Å². The number of aromatic nitrogens is 1. The first kappa shape index (κ1) is 16.8. The van der Waals surface area contributed by atoms with Gasteiger partial charge in [0.25, 0.3) is 5.91 Å². The van der Waals surface area contributed by atoms with Crippen molar-refractivity contribution >= 4 is 11.6 Å². The Bertz CT molecular complexity index is 911. The van der Waals surface area contributed by atoms with Crippen LogP contribution >= 0.6 is 0 Å². The topological polar surface area (TPSA) is 64.4 Å². The highest BCUT2D eigenvalue weighted by Crippen LogP contribution is 2.25. The van der Waals surface area contributed by atoms with E-state index in [2.05, 4.69) is 10.3 Å². The number of rotatable bonds is 4. The molecule has 3 aromatic rings. The van der Waals surface area contributed by atoms with Crippen LogP contribution in [0.3, 0.4) is 0 Å². The summed E-state index contributed by atoms with van der Waals surface area (Å²) < 4.78 is 10.8. The molecule has 0 radical (unpaired) electrons. The van der Waals surface area contributed by atoms with Crippen LogP contribution in [0.5, 0.6) is 5.75 Å². The van der Waals surface area contributed by atoms with Crippen LogP contribution in [-0.2, 0) is 0 Å². The number of aryl methyl sites for hydroxylation is 3. The van der Waals surface area contributed by atoms with Crippen molar-refractivity contribution in [3.63, 3.8) is 0 Å². The largest absolute Gasteiger partial charge is 0.497 e. The van der Waals surface area contributed by atoms with Gasteiger partial charge in [-0.1, -0.05) is 12.1 Å². The van der Waals surface area contributed by atoms with E-state index in [0.717, 1.165) is 28.1 Å². The van der Waals surface area contributed by atoms with Gasteiger partial charge in [0.05, 0.1) is 7.11 Å². The summed E-state index contributed by atoms with van der Waals surface area (Å²) in [5.74, 6) is 1.36. The molecule has 1 N–H and O–H groups in total. The van der Waals surface area contributed by atoms with Gasteiger partial charge in [-0.2, -0.15) is 0 Å². The van der Waals surface area contributed by atoms with Crippen LogP contribution < -0.4 is 10.1 Å². The van der Waals surface area contributed by atoms with Crippen molar-refractivity contribution in [1.29, 1.82) is 0 Å². The summed E-state index contributed by atoms with van der Waals surface area (Å²) in [5.41, 5.74) is 3.92. The van der Waals surface area contributed by atoms with Crippen LogP contribution in [-0.4, -0.2) is 18.0 Å². The number of amides is 1. The fourth-order valence-corrected chi connectivity index (χ4v) is 2.52. The molecular formula is C20H20N2O3. The quantitative estimate of drug-likeness (QED) is 0.760. The summed E-state index contributed by atoms with van der Waals surface area (Å²) in [4.78, 5) is 17.0. The third-order valence-electron chi connectivity index (χ3n) is 3.99. The fraction of sp³-hybridized carbons (Fsp3) is 0.200. The minimum absolute atomic E-state index is 0.283. The highest BCUT2D eigenvalue weighted by molar-refractivity contribution is 6.04. The molecule has 5 nitrogen and oxygen atoms in total. The van der Waals surface area contributed by atoms with Crippen LogP contribution in [0.15, 0.2) is 46.9 Å². The Hall–Kier alpha value is -3.08. The smallest absolute Gasteiger partial charge is 0.277 e. The SMILES string of the molecule is COc1ccc(-c2nc(C(=O)Nc3cc(C)ccc3C)c(C)o2)cc1. The molecule has 0 fully saturated rings. The number of hydrogen-bond acceptors (Lipinski definition) is 4. The Labute approximate surface area is 146 Å². The van der Waals surface area contributed by atoms with Crippen LogP contribution in [0.4, 0.5) is 5.69 Å². The lowest BCUT2D eigenvalue weighted by molar-refractivity contribution is 0.102. The lowest BCUT2D eigenvalue weighted by atomic mass is 10.1. The monoisotopic (exact) mass is 336 g/mol. The van der Waals surface area contributed by atoms with E-state index in [0.29, 0.717) is 11.7 Å². The Balaban J connectivity index is 1.86. The lowest BCUT2D eigenvalue weighted by Gasteiger charge is -2.08. The molecule has 1 heterocycles. The van der Waals surface area contributed by atoms with E-state index in [1.54, 1.807) is 14.0 Å². The molecule has 0 saturated carbocycles. The normalized spacial score (nSPS) is 10.6. The summed E-state index contributed by atoms with van der Waals surface area (Å²) in [5, 5.41) is 2.91. The van der Waals surface area contributed by atoms with Crippen LogP contribution in [0.2, 0.25) is 0 Å². The molecule has 1 aromatic heterocycles. The number of methoxy groups -OCH3 is 1. The van der Waals surface area contributed by atoms with Crippen molar-refractivity contribution in [2.24, 2.45) is 0 Å². The van der Waals surface area contributed by atoms with Crippen molar-refractivity contribution in [2.75, 3.05) is 12.4 Å². The zero-order valence-electron chi connectivity index (χ0n) is 14.7. The Morgan fingerprint density at radius 3 is 2.48 bits per heavy atom. The number of hydrogen-bond donors (Lipinski definition) is 1. The maximum atomic E-state index is 12.6. The van der Waals surface area contributed by atoms with Gasteiger partial charge in [-0.25, -0.2) is 4.98 Å². The van der Waals surface area contributed by atoms with E-state index in [-0.39, 0.29) is 11.6 Å². The fourth-order valence-electron chi connectivity index (χ4n) is 2.52. The van der Waals surface area contributed by atoms with E-state index < -0.39 is 0 Å². The number of carbonyl (C=O) groups is 1. The van der Waals surface area contributed by atoms with Gasteiger partial charge in [-0.3, -0.25) is 4.79 Å². The average molecular weight is 336 g/mol. The van der Waals surface area contributed by atoms with E-state index in [1.807, 2.05) is 56.3 Å². The second-order valence-corrected chi connectivity index (χ2v) is 5.92. The number of oxazole rings is 1. The molecule has 25 heavy (non-hydrogen) atoms. The molecule has 0 spiro atoms. The number of anilines is 1. The zero-order chi connectivity index (χ0) is 18.0. The van der Waals surface area contributed by atoms with Crippen molar-refractivity contribution in [3.8, 4) is 17.2 Å². The third-order valence-corrected chi connectivity index (χ3v) is 3.99. The summed E-state index contributed by atoms with van der Waals surface area (Å²) in [6.07, 6.45) is 0. The van der Waals surface area contributed by atoms with Crippen molar-refractivity contribution in [2.45, 2.75) is 20.8 Å². The van der Waals surface area contributed by atoms with Gasteiger partial charge in [0.15, 0.2) is 5.69 Å². The zero-order valence-corrected chi connectivity index (χ0v) is 14.7. The maximum Gasteiger partial charge on any atom is 0.277 e. The Kier molecular flexibility index (Phi) is 4.57. The first-order valence-electron chi connectivity index (χ1n) is 7.98. The van der Waals surface area contributed by atoms with Gasteiger partial charge in [0.1, 0.15) is 11.5 Å². The molecule has 128 valence electrons. The molecule has 2 aromatic carbocycles. The highest BCUT2D eigenvalue weighted by Gasteiger charge is 2.19. The number of benzene rings is 2. The van der Waals surface area contributed by atoms with Crippen molar-refractivity contribution in [1.82, 2.24) is 4.98 Å². The third kappa shape index (κ3) is 3.55. The summed E-state index contributed by atoms with van der Waals surface area (Å²) in [6, 6.07) is 13.3.